The van der Waals surface area contributed by atoms with Crippen LogP contribution in [0, 0.1) is 0 Å². The molecule has 0 aliphatic carbocycles. The number of carbonyl (C=O) groups excluding carboxylic acids is 2. The van der Waals surface area contributed by atoms with E-state index >= 15 is 0 Å². The topological polar surface area (TPSA) is 111 Å². The van der Waals surface area contributed by atoms with Crippen LogP contribution in [0.25, 0.3) is 0 Å². The maximum atomic E-state index is 11.6. The summed E-state index contributed by atoms with van der Waals surface area (Å²) in [6.07, 6.45) is 1.12. The highest BCUT2D eigenvalue weighted by molar-refractivity contribution is 5.96. The number of hydrogen-bond acceptors (Lipinski definition) is 5. The van der Waals surface area contributed by atoms with Gasteiger partial charge in [-0.3, -0.25) is 9.59 Å². The summed E-state index contributed by atoms with van der Waals surface area (Å²) in [5.41, 5.74) is 14.6. The molecule has 2 amide bonds. The number of nitrogens with two attached hydrogens (primary N) is 2. The van der Waals surface area contributed by atoms with Crippen LogP contribution in [0.3, 0.4) is 0 Å². The predicted molar refractivity (Wildman–Crippen MR) is 79.0 cm³/mol. The second-order valence-electron chi connectivity index (χ2n) is 5.30. The van der Waals surface area contributed by atoms with Gasteiger partial charge in [0.1, 0.15) is 6.04 Å². The van der Waals surface area contributed by atoms with Crippen LogP contribution in [0.2, 0.25) is 0 Å². The van der Waals surface area contributed by atoms with Crippen molar-refractivity contribution in [2.75, 3.05) is 35.7 Å². The second-order valence-corrected chi connectivity index (χ2v) is 5.30. The van der Waals surface area contributed by atoms with E-state index in [4.69, 9.17) is 16.2 Å². The molecule has 0 spiro atoms. The Morgan fingerprint density at radius 3 is 2.95 bits per heavy atom. The quantitative estimate of drug-likeness (QED) is 0.656. The molecule has 0 saturated carbocycles. The van der Waals surface area contributed by atoms with E-state index in [0.717, 1.165) is 16.9 Å². The smallest absolute Gasteiger partial charge is 0.242 e. The fourth-order valence-corrected chi connectivity index (χ4v) is 2.81. The molecule has 3 rings (SSSR count). The van der Waals surface area contributed by atoms with Gasteiger partial charge >= 0.3 is 0 Å². The first-order valence-corrected chi connectivity index (χ1v) is 6.92. The molecule has 1 atom stereocenters. The minimum absolute atomic E-state index is 0.00367. The number of amides is 2. The normalized spacial score (nSPS) is 21.6. The third-order valence-electron chi connectivity index (χ3n) is 3.91. The highest BCUT2D eigenvalue weighted by atomic mass is 16.5. The summed E-state index contributed by atoms with van der Waals surface area (Å²) in [4.78, 5) is 24.9. The van der Waals surface area contributed by atoms with Crippen LogP contribution in [-0.2, 0) is 20.7 Å². The average Bonchev–Trinajstić information content (AvgIpc) is 2.46. The lowest BCUT2D eigenvalue weighted by Gasteiger charge is -2.36. The summed E-state index contributed by atoms with van der Waals surface area (Å²) in [7, 11) is 0. The molecule has 1 aromatic rings. The third kappa shape index (κ3) is 2.52. The zero-order valence-electron chi connectivity index (χ0n) is 11.6. The van der Waals surface area contributed by atoms with Gasteiger partial charge in [-0.05, 0) is 24.1 Å². The zero-order valence-corrected chi connectivity index (χ0v) is 11.6. The molecule has 2 aliphatic heterocycles. The van der Waals surface area contributed by atoms with Gasteiger partial charge in [-0.1, -0.05) is 0 Å². The van der Waals surface area contributed by atoms with Crippen LogP contribution in [0.4, 0.5) is 17.1 Å². The summed E-state index contributed by atoms with van der Waals surface area (Å²) < 4.78 is 5.32. The molecule has 1 saturated heterocycles. The summed E-state index contributed by atoms with van der Waals surface area (Å²) in [6, 6.07) is 3.16. The highest BCUT2D eigenvalue weighted by Gasteiger charge is 2.30. The van der Waals surface area contributed by atoms with Gasteiger partial charge in [-0.2, -0.15) is 0 Å². The van der Waals surface area contributed by atoms with Gasteiger partial charge in [0.15, 0.2) is 0 Å². The van der Waals surface area contributed by atoms with Crippen LogP contribution in [0.15, 0.2) is 12.1 Å². The van der Waals surface area contributed by atoms with Gasteiger partial charge in [0.05, 0.1) is 24.6 Å². The Morgan fingerprint density at radius 1 is 1.38 bits per heavy atom. The Kier molecular flexibility index (Phi) is 3.42. The predicted octanol–water partition coefficient (Wildman–Crippen LogP) is -0.156. The van der Waals surface area contributed by atoms with Crippen LogP contribution in [0.5, 0.6) is 0 Å². The molecule has 1 unspecified atom stereocenters. The van der Waals surface area contributed by atoms with Crippen molar-refractivity contribution < 1.29 is 14.3 Å². The van der Waals surface area contributed by atoms with E-state index in [1.54, 1.807) is 6.07 Å². The monoisotopic (exact) mass is 290 g/mol. The Hall–Kier alpha value is -2.28. The molecule has 7 nitrogen and oxygen atoms in total. The summed E-state index contributed by atoms with van der Waals surface area (Å²) in [5.74, 6) is -0.434. The van der Waals surface area contributed by atoms with Crippen molar-refractivity contribution >= 4 is 28.9 Å². The number of carbonyl (C=O) groups is 2. The van der Waals surface area contributed by atoms with Gasteiger partial charge in [0.2, 0.25) is 11.8 Å². The molecule has 1 aromatic carbocycles. The van der Waals surface area contributed by atoms with E-state index in [2.05, 4.69) is 5.32 Å². The number of rotatable bonds is 2. The summed E-state index contributed by atoms with van der Waals surface area (Å²) in [5, 5.41) is 2.81. The Morgan fingerprint density at radius 2 is 2.19 bits per heavy atom. The highest BCUT2D eigenvalue weighted by Crippen LogP contribution is 2.34. The number of nitrogen functional groups attached to an aromatic ring is 1. The number of nitrogens with one attached hydrogen (secondary N) is 1. The molecule has 112 valence electrons. The molecule has 0 radical (unpaired) electrons. The molecule has 2 aliphatic rings. The van der Waals surface area contributed by atoms with E-state index in [0.29, 0.717) is 31.7 Å². The SMILES string of the molecule is NC(=O)C1COCCN1c1cc2c(cc1N)NC(=O)CC2. The zero-order chi connectivity index (χ0) is 15.0. The third-order valence-corrected chi connectivity index (χ3v) is 3.91. The lowest BCUT2D eigenvalue weighted by Crippen LogP contribution is -2.52. The van der Waals surface area contributed by atoms with Crippen molar-refractivity contribution in [1.82, 2.24) is 0 Å². The van der Waals surface area contributed by atoms with Crippen LogP contribution >= 0.6 is 0 Å². The first-order valence-electron chi connectivity index (χ1n) is 6.92. The van der Waals surface area contributed by atoms with Crippen molar-refractivity contribution in [3.8, 4) is 0 Å². The molecule has 0 aromatic heterocycles. The number of primary amides is 1. The number of morpholine rings is 1. The number of benzene rings is 1. The lowest BCUT2D eigenvalue weighted by molar-refractivity contribution is -0.121. The molecule has 0 bridgehead atoms. The van der Waals surface area contributed by atoms with Crippen molar-refractivity contribution in [3.05, 3.63) is 17.7 Å². The van der Waals surface area contributed by atoms with E-state index in [-0.39, 0.29) is 12.5 Å². The Labute approximate surface area is 122 Å². The van der Waals surface area contributed by atoms with Crippen molar-refractivity contribution in [2.24, 2.45) is 5.73 Å². The minimum Gasteiger partial charge on any atom is -0.397 e. The number of hydrogen-bond donors (Lipinski definition) is 3. The largest absolute Gasteiger partial charge is 0.397 e. The van der Waals surface area contributed by atoms with E-state index in [9.17, 15) is 9.59 Å². The number of nitrogens with zero attached hydrogens (tertiary/aromatic N) is 1. The molecular weight excluding hydrogens is 272 g/mol. The first kappa shape index (κ1) is 13.7. The Bertz CT molecular complexity index is 602. The minimum atomic E-state index is -0.516. The van der Waals surface area contributed by atoms with Gasteiger partial charge in [0, 0.05) is 18.7 Å². The van der Waals surface area contributed by atoms with Crippen molar-refractivity contribution in [2.45, 2.75) is 18.9 Å². The maximum absolute atomic E-state index is 11.6. The standard InChI is InChI=1S/C14H18N4O3/c15-9-6-10-8(1-2-13(19)17-10)5-11(9)18-3-4-21-7-12(18)14(16)20/h5-6,12H,1-4,7,15H2,(H2,16,20)(H,17,19). The molecule has 2 heterocycles. The second kappa shape index (κ2) is 5.25. The van der Waals surface area contributed by atoms with E-state index in [1.807, 2.05) is 11.0 Å². The number of ether oxygens (including phenoxy) is 1. The summed E-state index contributed by atoms with van der Waals surface area (Å²) >= 11 is 0. The fraction of sp³-hybridized carbons (Fsp3) is 0.429. The number of aryl methyl sites for hydroxylation is 1. The van der Waals surface area contributed by atoms with E-state index < -0.39 is 11.9 Å². The molecule has 7 heteroatoms. The molecule has 21 heavy (non-hydrogen) atoms. The summed E-state index contributed by atoms with van der Waals surface area (Å²) in [6.45, 7) is 1.35. The molecule has 1 fully saturated rings. The average molecular weight is 290 g/mol. The van der Waals surface area contributed by atoms with Crippen LogP contribution in [-0.4, -0.2) is 37.6 Å². The lowest BCUT2D eigenvalue weighted by atomic mass is 10.00. The molecular formula is C14H18N4O3. The van der Waals surface area contributed by atoms with Gasteiger partial charge in [-0.15, -0.1) is 0 Å². The van der Waals surface area contributed by atoms with Crippen molar-refractivity contribution in [3.63, 3.8) is 0 Å². The van der Waals surface area contributed by atoms with Gasteiger partial charge in [-0.25, -0.2) is 0 Å². The maximum Gasteiger partial charge on any atom is 0.242 e. The number of anilines is 3. The fourth-order valence-electron chi connectivity index (χ4n) is 2.81. The van der Waals surface area contributed by atoms with Crippen LogP contribution in [0.1, 0.15) is 12.0 Å². The Balaban J connectivity index is 1.98. The van der Waals surface area contributed by atoms with E-state index in [1.165, 1.54) is 0 Å². The van der Waals surface area contributed by atoms with Crippen LogP contribution < -0.4 is 21.7 Å². The van der Waals surface area contributed by atoms with Gasteiger partial charge < -0.3 is 26.4 Å². The van der Waals surface area contributed by atoms with Crippen molar-refractivity contribution in [1.29, 1.82) is 0 Å². The number of fused-ring (bicyclic) bond motifs is 1. The van der Waals surface area contributed by atoms with Gasteiger partial charge in [0.25, 0.3) is 0 Å². The first-order chi connectivity index (χ1) is 10.1. The molecule has 5 N–H and O–H groups in total.